The Morgan fingerprint density at radius 2 is 1.49 bits per heavy atom. The van der Waals surface area contributed by atoms with Crippen LogP contribution >= 0.6 is 0 Å². The van der Waals surface area contributed by atoms with Gasteiger partial charge in [0.15, 0.2) is 0 Å². The quantitative estimate of drug-likeness (QED) is 0.568. The molecule has 0 radical (unpaired) electrons. The first-order valence-corrected chi connectivity index (χ1v) is 13.6. The average molecular weight is 512 g/mol. The summed E-state index contributed by atoms with van der Waals surface area (Å²) in [4.78, 5) is 43.6. The highest BCUT2D eigenvalue weighted by atomic mass is 16.6. The maximum atomic E-state index is 13.9. The molecule has 0 spiro atoms. The molecule has 10 nitrogen and oxygen atoms in total. The van der Waals surface area contributed by atoms with Gasteiger partial charge in [-0.1, -0.05) is 31.0 Å². The van der Waals surface area contributed by atoms with Crippen LogP contribution in [0.5, 0.6) is 5.75 Å². The third-order valence-electron chi connectivity index (χ3n) is 9.11. The van der Waals surface area contributed by atoms with E-state index in [0.717, 1.165) is 45.1 Å². The molecule has 2 saturated carbocycles. The Labute approximate surface area is 215 Å². The summed E-state index contributed by atoms with van der Waals surface area (Å²) in [6.07, 6.45) is 2.00. The number of carbonyl (C=O) groups excluding carboxylic acids is 3. The summed E-state index contributed by atoms with van der Waals surface area (Å²) in [5.41, 5.74) is 0. The maximum absolute atomic E-state index is 13.9. The Kier molecular flexibility index (Phi) is 5.76. The molecule has 198 valence electrons. The number of likely N-dealkylation sites (tertiary alicyclic amines) is 1. The number of morpholine rings is 1. The van der Waals surface area contributed by atoms with E-state index in [1.54, 1.807) is 17.0 Å². The second-order valence-corrected chi connectivity index (χ2v) is 11.1. The van der Waals surface area contributed by atoms with Crippen molar-refractivity contribution < 1.29 is 33.3 Å². The molecule has 37 heavy (non-hydrogen) atoms. The maximum Gasteiger partial charge on any atom is 0.417 e. The third-order valence-corrected chi connectivity index (χ3v) is 9.11. The van der Waals surface area contributed by atoms with Crippen molar-refractivity contribution in [2.24, 2.45) is 11.8 Å². The minimum absolute atomic E-state index is 0.110. The van der Waals surface area contributed by atoms with Crippen LogP contribution in [0.25, 0.3) is 0 Å². The van der Waals surface area contributed by atoms with Gasteiger partial charge in [-0.2, -0.15) is 0 Å². The van der Waals surface area contributed by atoms with Crippen LogP contribution in [0.3, 0.4) is 0 Å². The Morgan fingerprint density at radius 3 is 2.22 bits per heavy atom. The van der Waals surface area contributed by atoms with Gasteiger partial charge in [0.2, 0.25) is 11.8 Å². The number of amides is 3. The molecule has 3 amide bonds. The van der Waals surface area contributed by atoms with Gasteiger partial charge < -0.3 is 18.9 Å². The van der Waals surface area contributed by atoms with E-state index in [4.69, 9.17) is 18.9 Å². The summed E-state index contributed by atoms with van der Waals surface area (Å²) < 4.78 is 25.9. The van der Waals surface area contributed by atoms with Crippen molar-refractivity contribution in [2.75, 3.05) is 13.6 Å². The molecule has 10 heteroatoms. The van der Waals surface area contributed by atoms with Gasteiger partial charge in [0.05, 0.1) is 48.4 Å². The molecular weight excluding hydrogens is 478 g/mol. The Balaban J connectivity index is 1.31. The summed E-state index contributed by atoms with van der Waals surface area (Å²) in [7, 11) is 1.52. The first-order valence-electron chi connectivity index (χ1n) is 13.6. The van der Waals surface area contributed by atoms with Crippen molar-refractivity contribution in [3.8, 4) is 5.75 Å². The molecule has 1 N–H and O–H groups in total. The summed E-state index contributed by atoms with van der Waals surface area (Å²) >= 11 is 0. The fourth-order valence-electron chi connectivity index (χ4n) is 7.46. The molecule has 4 heterocycles. The smallest absolute Gasteiger partial charge is 0.410 e. The van der Waals surface area contributed by atoms with E-state index in [-0.39, 0.29) is 30.1 Å². The van der Waals surface area contributed by atoms with Gasteiger partial charge in [-0.05, 0) is 44.4 Å². The molecule has 6 aliphatic rings. The van der Waals surface area contributed by atoms with Crippen molar-refractivity contribution in [3.05, 3.63) is 30.3 Å². The first kappa shape index (κ1) is 23.6. The minimum atomic E-state index is -0.734. The molecule has 4 aliphatic heterocycles. The fourth-order valence-corrected chi connectivity index (χ4v) is 7.46. The molecule has 1 aromatic carbocycles. The Morgan fingerprint density at radius 1 is 0.865 bits per heavy atom. The number of benzene rings is 1. The van der Waals surface area contributed by atoms with Crippen LogP contribution in [0.2, 0.25) is 0 Å². The molecule has 10 unspecified atom stereocenters. The van der Waals surface area contributed by atoms with Crippen LogP contribution < -0.4 is 10.1 Å². The molecule has 2 aliphatic carbocycles. The number of imide groups is 1. The number of hydrogen-bond donors (Lipinski definition) is 1. The standard InChI is InChI=1S/C27H33N3O7/c1-29-25(31)18-19(26(29)32)22-23(36-16-11-6-5-10-15(16)35-22)20-21(18)37-17-12-7-13-28-24(17)30(20)27(33)34-14-8-3-2-4-9-14/h2-4,8-9,15-24,28H,5-7,10-13H2,1H3. The number of nitrogens with one attached hydrogen (secondary N) is 1. The molecule has 1 aromatic rings. The number of hydrogen-bond acceptors (Lipinski definition) is 8. The number of nitrogens with zero attached hydrogens (tertiary/aromatic N) is 2. The van der Waals surface area contributed by atoms with Crippen LogP contribution in [0.15, 0.2) is 30.3 Å². The highest BCUT2D eigenvalue weighted by Gasteiger charge is 2.69. The zero-order chi connectivity index (χ0) is 25.3. The normalized spacial score (nSPS) is 42.7. The molecular formula is C27H33N3O7. The van der Waals surface area contributed by atoms with E-state index in [1.807, 2.05) is 18.2 Å². The predicted octanol–water partition coefficient (Wildman–Crippen LogP) is 1.67. The van der Waals surface area contributed by atoms with Crippen molar-refractivity contribution in [3.63, 3.8) is 0 Å². The van der Waals surface area contributed by atoms with E-state index < -0.39 is 48.4 Å². The SMILES string of the molecule is CN1C(=O)C2C3OC4CCCCC4OC3C3C(OC4CCCNC4N3C(=O)Oc3ccccc3)C2C1=O. The number of para-hydroxylation sites is 1. The lowest BCUT2D eigenvalue weighted by Crippen LogP contribution is -2.78. The Hall–Kier alpha value is -2.53. The van der Waals surface area contributed by atoms with Gasteiger partial charge in [0.25, 0.3) is 0 Å². The van der Waals surface area contributed by atoms with Gasteiger partial charge in [0, 0.05) is 7.05 Å². The number of fused-ring (bicyclic) bond motifs is 8. The minimum Gasteiger partial charge on any atom is -0.410 e. The Bertz CT molecular complexity index is 1090. The van der Waals surface area contributed by atoms with E-state index in [2.05, 4.69) is 5.32 Å². The summed E-state index contributed by atoms with van der Waals surface area (Å²) in [6.45, 7) is 0.736. The van der Waals surface area contributed by atoms with Gasteiger partial charge in [0.1, 0.15) is 18.0 Å². The lowest BCUT2D eigenvalue weighted by molar-refractivity contribution is -0.305. The van der Waals surface area contributed by atoms with Crippen molar-refractivity contribution in [2.45, 2.75) is 87.4 Å². The molecule has 10 atom stereocenters. The topological polar surface area (TPSA) is 107 Å². The predicted molar refractivity (Wildman–Crippen MR) is 128 cm³/mol. The lowest BCUT2D eigenvalue weighted by atomic mass is 9.69. The zero-order valence-corrected chi connectivity index (χ0v) is 20.9. The lowest BCUT2D eigenvalue weighted by Gasteiger charge is -2.60. The van der Waals surface area contributed by atoms with Crippen LogP contribution in [0, 0.1) is 11.8 Å². The van der Waals surface area contributed by atoms with E-state index in [0.29, 0.717) is 5.75 Å². The zero-order valence-electron chi connectivity index (χ0n) is 20.9. The van der Waals surface area contributed by atoms with Gasteiger partial charge in [-0.3, -0.25) is 24.7 Å². The largest absolute Gasteiger partial charge is 0.417 e. The number of piperidine rings is 1. The van der Waals surface area contributed by atoms with Crippen LogP contribution in [0.4, 0.5) is 4.79 Å². The number of ether oxygens (including phenoxy) is 4. The van der Waals surface area contributed by atoms with Crippen molar-refractivity contribution in [1.29, 1.82) is 0 Å². The van der Waals surface area contributed by atoms with Crippen molar-refractivity contribution >= 4 is 17.9 Å². The highest BCUT2D eigenvalue weighted by Crippen LogP contribution is 2.50. The third kappa shape index (κ3) is 3.64. The average Bonchev–Trinajstić information content (AvgIpc) is 3.15. The second-order valence-electron chi connectivity index (χ2n) is 11.1. The highest BCUT2D eigenvalue weighted by molar-refractivity contribution is 6.05. The number of carbonyl (C=O) groups is 3. The molecule has 7 rings (SSSR count). The monoisotopic (exact) mass is 511 g/mol. The number of rotatable bonds is 1. The van der Waals surface area contributed by atoms with Crippen LogP contribution in [0.1, 0.15) is 38.5 Å². The summed E-state index contributed by atoms with van der Waals surface area (Å²) in [6, 6.07) is 8.33. The van der Waals surface area contributed by atoms with Gasteiger partial charge in [-0.25, -0.2) is 4.79 Å². The van der Waals surface area contributed by atoms with Gasteiger partial charge >= 0.3 is 6.09 Å². The fraction of sp³-hybridized carbons (Fsp3) is 0.667. The second kappa shape index (κ2) is 9.04. The molecule has 0 aromatic heterocycles. The molecule has 6 fully saturated rings. The van der Waals surface area contributed by atoms with Crippen LogP contribution in [-0.2, 0) is 23.8 Å². The van der Waals surface area contributed by atoms with Crippen molar-refractivity contribution in [1.82, 2.24) is 15.1 Å². The van der Waals surface area contributed by atoms with Gasteiger partial charge in [-0.15, -0.1) is 0 Å². The van der Waals surface area contributed by atoms with E-state index in [1.165, 1.54) is 11.9 Å². The van der Waals surface area contributed by atoms with Crippen LogP contribution in [-0.4, -0.2) is 90.1 Å². The first-order chi connectivity index (χ1) is 18.0. The summed E-state index contributed by atoms with van der Waals surface area (Å²) in [5, 5.41) is 3.45. The van der Waals surface area contributed by atoms with E-state index >= 15 is 0 Å². The summed E-state index contributed by atoms with van der Waals surface area (Å²) in [5.74, 6) is -1.52. The molecule has 0 bridgehead atoms. The van der Waals surface area contributed by atoms with E-state index in [9.17, 15) is 14.4 Å². The molecule has 4 saturated heterocycles.